The molecule has 198 valence electrons. The number of hydrogen-bond acceptors (Lipinski definition) is 9. The molecule has 1 aliphatic rings. The van der Waals surface area contributed by atoms with Crippen LogP contribution < -0.4 is 10.1 Å². The van der Waals surface area contributed by atoms with Crippen molar-refractivity contribution in [1.29, 1.82) is 0 Å². The van der Waals surface area contributed by atoms with Crippen LogP contribution in [0.3, 0.4) is 0 Å². The van der Waals surface area contributed by atoms with Gasteiger partial charge in [0.25, 0.3) is 0 Å². The third-order valence-electron chi connectivity index (χ3n) is 6.98. The second-order valence-electron chi connectivity index (χ2n) is 9.87. The number of methoxy groups -OCH3 is 1. The topological polar surface area (TPSA) is 106 Å². The number of hydrogen-bond donors (Lipinski definition) is 2. The zero-order valence-corrected chi connectivity index (χ0v) is 22.8. The minimum Gasteiger partial charge on any atom is -0.497 e. The van der Waals surface area contributed by atoms with Gasteiger partial charge in [0.05, 0.1) is 30.2 Å². The molecule has 37 heavy (non-hydrogen) atoms. The highest BCUT2D eigenvalue weighted by Gasteiger charge is 2.40. The van der Waals surface area contributed by atoms with Crippen molar-refractivity contribution in [2.45, 2.75) is 64.9 Å². The number of ether oxygens (including phenoxy) is 2. The summed E-state index contributed by atoms with van der Waals surface area (Å²) in [7, 11) is 1.62. The highest BCUT2D eigenvalue weighted by molar-refractivity contribution is 7.15. The summed E-state index contributed by atoms with van der Waals surface area (Å²) in [5, 5.41) is 15.4. The van der Waals surface area contributed by atoms with Crippen LogP contribution in [0.15, 0.2) is 36.7 Å². The quantitative estimate of drug-likeness (QED) is 0.245. The number of rotatable bonds is 10. The maximum Gasteiger partial charge on any atom is 0.308 e. The van der Waals surface area contributed by atoms with Gasteiger partial charge in [-0.3, -0.25) is 4.79 Å². The van der Waals surface area contributed by atoms with Gasteiger partial charge in [0.15, 0.2) is 0 Å². The van der Waals surface area contributed by atoms with E-state index in [0.29, 0.717) is 29.0 Å². The predicted molar refractivity (Wildman–Crippen MR) is 145 cm³/mol. The molecule has 0 amide bonds. The van der Waals surface area contributed by atoms with Gasteiger partial charge < -0.3 is 19.9 Å². The molecule has 0 bridgehead atoms. The van der Waals surface area contributed by atoms with Crippen LogP contribution in [0.5, 0.6) is 5.75 Å². The summed E-state index contributed by atoms with van der Waals surface area (Å²) in [4.78, 5) is 26.9. The fourth-order valence-corrected chi connectivity index (χ4v) is 5.72. The van der Waals surface area contributed by atoms with Crippen LogP contribution in [0.2, 0.25) is 0 Å². The fraction of sp³-hybridized carbons (Fsp3) is 0.500. The standard InChI is InChI=1S/C28H36N4O4S/c1-5-6-13-36-26(33)19-7-9-20(10-8-19)28(3,34)27-30-17-23(37-27)22-14-18(2)15-25(31-22)32-24-16-21(35-4)11-12-29-24/h11-12,14-17,19-20,34H,5-10,13H2,1-4H3,(H,29,31,32). The zero-order valence-electron chi connectivity index (χ0n) is 22.0. The molecule has 1 saturated carbocycles. The van der Waals surface area contributed by atoms with E-state index in [1.165, 1.54) is 11.3 Å². The number of nitrogens with one attached hydrogen (secondary N) is 1. The van der Waals surface area contributed by atoms with Crippen molar-refractivity contribution in [3.63, 3.8) is 0 Å². The maximum atomic E-state index is 12.3. The molecule has 1 atom stereocenters. The van der Waals surface area contributed by atoms with E-state index in [1.807, 2.05) is 32.0 Å². The van der Waals surface area contributed by atoms with Crippen molar-refractivity contribution in [3.8, 4) is 16.3 Å². The Morgan fingerprint density at radius 2 is 1.97 bits per heavy atom. The van der Waals surface area contributed by atoms with Crippen molar-refractivity contribution in [3.05, 3.63) is 47.2 Å². The number of unbranched alkanes of at least 4 members (excludes halogenated alkanes) is 1. The summed E-state index contributed by atoms with van der Waals surface area (Å²) in [5.41, 5.74) is 0.750. The average molecular weight is 525 g/mol. The van der Waals surface area contributed by atoms with Gasteiger partial charge in [-0.1, -0.05) is 13.3 Å². The molecule has 3 aromatic rings. The Kier molecular flexibility index (Phi) is 8.76. The third-order valence-corrected chi connectivity index (χ3v) is 8.23. The number of carbonyl (C=O) groups excluding carboxylic acids is 1. The van der Waals surface area contributed by atoms with E-state index in [9.17, 15) is 9.90 Å². The van der Waals surface area contributed by atoms with Gasteiger partial charge in [0.2, 0.25) is 0 Å². The third kappa shape index (κ3) is 6.64. The zero-order chi connectivity index (χ0) is 26.4. The number of nitrogens with zero attached hydrogens (tertiary/aromatic N) is 3. The molecule has 9 heteroatoms. The van der Waals surface area contributed by atoms with Crippen molar-refractivity contribution < 1.29 is 19.4 Å². The molecule has 0 aliphatic heterocycles. The van der Waals surface area contributed by atoms with Gasteiger partial charge in [-0.2, -0.15) is 0 Å². The molecule has 1 aliphatic carbocycles. The maximum absolute atomic E-state index is 12.3. The lowest BCUT2D eigenvalue weighted by atomic mass is 9.74. The summed E-state index contributed by atoms with van der Waals surface area (Å²) in [6.45, 7) is 6.43. The number of esters is 1. The number of aryl methyl sites for hydroxylation is 1. The molecule has 2 N–H and O–H groups in total. The number of thiazole rings is 1. The SMILES string of the molecule is CCCCOC(=O)C1CCC(C(C)(O)c2ncc(-c3cc(C)cc(Nc4cc(OC)ccn4)n3)s2)CC1. The molecule has 0 radical (unpaired) electrons. The van der Waals surface area contributed by atoms with E-state index in [0.717, 1.165) is 54.7 Å². The molecular weight excluding hydrogens is 488 g/mol. The summed E-state index contributed by atoms with van der Waals surface area (Å²) >= 11 is 1.46. The highest BCUT2D eigenvalue weighted by Crippen LogP contribution is 2.43. The van der Waals surface area contributed by atoms with E-state index in [-0.39, 0.29) is 17.8 Å². The number of aromatic nitrogens is 3. The van der Waals surface area contributed by atoms with E-state index < -0.39 is 5.60 Å². The number of aliphatic hydroxyl groups is 1. The van der Waals surface area contributed by atoms with Gasteiger partial charge in [0, 0.05) is 18.5 Å². The van der Waals surface area contributed by atoms with Crippen molar-refractivity contribution in [2.75, 3.05) is 19.0 Å². The lowest BCUT2D eigenvalue weighted by Gasteiger charge is -2.36. The van der Waals surface area contributed by atoms with Crippen LogP contribution in [0.4, 0.5) is 11.6 Å². The lowest BCUT2D eigenvalue weighted by molar-refractivity contribution is -0.151. The fourth-order valence-electron chi connectivity index (χ4n) is 4.72. The number of pyridine rings is 2. The van der Waals surface area contributed by atoms with Crippen molar-refractivity contribution >= 4 is 28.9 Å². The van der Waals surface area contributed by atoms with Gasteiger partial charge in [-0.25, -0.2) is 15.0 Å². The van der Waals surface area contributed by atoms with E-state index in [4.69, 9.17) is 14.5 Å². The predicted octanol–water partition coefficient (Wildman–Crippen LogP) is 6.02. The number of carbonyl (C=O) groups is 1. The minimum atomic E-state index is -1.07. The second kappa shape index (κ2) is 12.0. The molecular formula is C28H36N4O4S. The Labute approximate surface area is 222 Å². The molecule has 0 aromatic carbocycles. The molecule has 1 fully saturated rings. The minimum absolute atomic E-state index is 0.0352. The van der Waals surface area contributed by atoms with Gasteiger partial charge >= 0.3 is 5.97 Å². The number of anilines is 2. The highest BCUT2D eigenvalue weighted by atomic mass is 32.1. The smallest absolute Gasteiger partial charge is 0.308 e. The molecule has 4 rings (SSSR count). The van der Waals surface area contributed by atoms with Crippen LogP contribution in [0, 0.1) is 18.8 Å². The molecule has 3 heterocycles. The van der Waals surface area contributed by atoms with E-state index in [2.05, 4.69) is 22.2 Å². The Bertz CT molecular complexity index is 1200. The van der Waals surface area contributed by atoms with Gasteiger partial charge in [-0.15, -0.1) is 11.3 Å². The first kappa shape index (κ1) is 27.0. The normalized spacial score (nSPS) is 19.2. The monoisotopic (exact) mass is 524 g/mol. The molecule has 0 saturated heterocycles. The first-order chi connectivity index (χ1) is 17.8. The largest absolute Gasteiger partial charge is 0.497 e. The van der Waals surface area contributed by atoms with E-state index in [1.54, 1.807) is 25.6 Å². The Morgan fingerprint density at radius 1 is 1.19 bits per heavy atom. The molecule has 1 unspecified atom stereocenters. The Hall–Kier alpha value is -3.04. The van der Waals surface area contributed by atoms with Gasteiger partial charge in [0.1, 0.15) is 28.0 Å². The van der Waals surface area contributed by atoms with Crippen LogP contribution in [0.1, 0.15) is 62.9 Å². The van der Waals surface area contributed by atoms with Crippen molar-refractivity contribution in [2.24, 2.45) is 11.8 Å². The second-order valence-corrected chi connectivity index (χ2v) is 10.9. The van der Waals surface area contributed by atoms with Crippen LogP contribution in [0.25, 0.3) is 10.6 Å². The van der Waals surface area contributed by atoms with Crippen molar-refractivity contribution in [1.82, 2.24) is 15.0 Å². The lowest BCUT2D eigenvalue weighted by Crippen LogP contribution is -2.36. The Balaban J connectivity index is 1.44. The average Bonchev–Trinajstić information content (AvgIpc) is 3.40. The summed E-state index contributed by atoms with van der Waals surface area (Å²) < 4.78 is 10.7. The summed E-state index contributed by atoms with van der Waals surface area (Å²) in [6.07, 6.45) is 8.35. The summed E-state index contributed by atoms with van der Waals surface area (Å²) in [6, 6.07) is 7.56. The first-order valence-corrected chi connectivity index (χ1v) is 13.7. The van der Waals surface area contributed by atoms with Crippen LogP contribution in [-0.2, 0) is 15.1 Å². The van der Waals surface area contributed by atoms with Crippen LogP contribution in [-0.4, -0.2) is 39.7 Å². The summed E-state index contributed by atoms with van der Waals surface area (Å²) in [5.74, 6) is 1.89. The van der Waals surface area contributed by atoms with E-state index >= 15 is 0 Å². The first-order valence-electron chi connectivity index (χ1n) is 12.9. The molecule has 0 spiro atoms. The molecule has 3 aromatic heterocycles. The van der Waals surface area contributed by atoms with Gasteiger partial charge in [-0.05, 0) is 75.6 Å². The Morgan fingerprint density at radius 3 is 2.70 bits per heavy atom. The van der Waals surface area contributed by atoms with Crippen LogP contribution >= 0.6 is 11.3 Å². The molecule has 8 nitrogen and oxygen atoms in total.